The number of carbonyl (C=O) groups excluding carboxylic acids is 1. The van der Waals surface area contributed by atoms with Gasteiger partial charge in [0.05, 0.1) is 11.5 Å². The van der Waals surface area contributed by atoms with Crippen molar-refractivity contribution in [2.45, 2.75) is 32.2 Å². The maximum Gasteiger partial charge on any atom is 0.339 e. The maximum atomic E-state index is 12.1. The van der Waals surface area contributed by atoms with Gasteiger partial charge in [0.2, 0.25) is 5.91 Å². The molecule has 2 N–H and O–H groups in total. The van der Waals surface area contributed by atoms with Gasteiger partial charge in [-0.1, -0.05) is 0 Å². The zero-order chi connectivity index (χ0) is 18.2. The van der Waals surface area contributed by atoms with Gasteiger partial charge in [0.15, 0.2) is 9.84 Å². The number of hydrogen-bond acceptors (Lipinski definition) is 6. The van der Waals surface area contributed by atoms with Crippen LogP contribution in [0.3, 0.4) is 0 Å². The predicted molar refractivity (Wildman–Crippen MR) is 92.4 cm³/mol. The van der Waals surface area contributed by atoms with E-state index >= 15 is 0 Å². The lowest BCUT2D eigenvalue weighted by atomic mass is 10.0. The maximum absolute atomic E-state index is 12.1. The largest absolute Gasteiger partial charge is 0.508 e. The van der Waals surface area contributed by atoms with Gasteiger partial charge in [-0.15, -0.1) is 0 Å². The van der Waals surface area contributed by atoms with E-state index in [2.05, 4.69) is 5.32 Å². The molecule has 0 unspecified atom stereocenters. The Labute approximate surface area is 144 Å². The molecule has 2 heterocycles. The Morgan fingerprint density at radius 1 is 1.40 bits per heavy atom. The number of hydrogen-bond donors (Lipinski definition) is 2. The average molecular weight is 365 g/mol. The number of phenolic OH excluding ortho intramolecular Hbond substituents is 1. The highest BCUT2D eigenvalue weighted by Crippen LogP contribution is 2.23. The molecular formula is C17H19NO6S. The van der Waals surface area contributed by atoms with Gasteiger partial charge < -0.3 is 14.8 Å². The van der Waals surface area contributed by atoms with Gasteiger partial charge in [0.1, 0.15) is 11.3 Å². The molecule has 1 aromatic carbocycles. The number of amides is 1. The van der Waals surface area contributed by atoms with Crippen LogP contribution in [0.5, 0.6) is 5.75 Å². The lowest BCUT2D eigenvalue weighted by molar-refractivity contribution is -0.121. The number of aromatic hydroxyl groups is 1. The van der Waals surface area contributed by atoms with Crippen LogP contribution in [0.15, 0.2) is 27.4 Å². The van der Waals surface area contributed by atoms with Crippen molar-refractivity contribution >= 4 is 26.7 Å². The van der Waals surface area contributed by atoms with E-state index in [1.165, 1.54) is 12.1 Å². The Bertz CT molecular complexity index is 992. The van der Waals surface area contributed by atoms with Crippen LogP contribution in [-0.4, -0.2) is 37.0 Å². The van der Waals surface area contributed by atoms with Gasteiger partial charge >= 0.3 is 5.63 Å². The third-order valence-corrected chi connectivity index (χ3v) is 6.24. The number of nitrogens with one attached hydrogen (secondary N) is 1. The second kappa shape index (κ2) is 6.51. The van der Waals surface area contributed by atoms with Crippen LogP contribution in [-0.2, 0) is 21.1 Å². The highest BCUT2D eigenvalue weighted by molar-refractivity contribution is 7.91. The lowest BCUT2D eigenvalue weighted by Gasteiger charge is -2.11. The third-order valence-electron chi connectivity index (χ3n) is 4.47. The van der Waals surface area contributed by atoms with Gasteiger partial charge in [0, 0.05) is 29.5 Å². The van der Waals surface area contributed by atoms with E-state index in [0.29, 0.717) is 28.5 Å². The monoisotopic (exact) mass is 365 g/mol. The molecule has 1 aliphatic rings. The standard InChI is InChI=1S/C17H19NO6S/c1-10-13-3-2-12(19)8-15(13)24-17(21)14(10)4-5-16(20)18-11-6-7-25(22,23)9-11/h2-3,8,11,19H,4-7,9H2,1H3,(H,18,20)/t11-/m1/s1. The van der Waals surface area contributed by atoms with Crippen LogP contribution in [0.25, 0.3) is 11.0 Å². The summed E-state index contributed by atoms with van der Waals surface area (Å²) >= 11 is 0. The van der Waals surface area contributed by atoms with Crippen LogP contribution in [0, 0.1) is 6.92 Å². The molecule has 1 aliphatic heterocycles. The summed E-state index contributed by atoms with van der Waals surface area (Å²) in [4.78, 5) is 24.2. The van der Waals surface area contributed by atoms with Crippen molar-refractivity contribution in [2.24, 2.45) is 0 Å². The van der Waals surface area contributed by atoms with E-state index in [1.54, 1.807) is 13.0 Å². The summed E-state index contributed by atoms with van der Waals surface area (Å²) in [6.07, 6.45) is 0.705. The molecule has 0 aliphatic carbocycles. The van der Waals surface area contributed by atoms with Crippen LogP contribution < -0.4 is 10.9 Å². The van der Waals surface area contributed by atoms with E-state index in [1.807, 2.05) is 0 Å². The molecule has 3 rings (SSSR count). The number of phenols is 1. The first-order chi connectivity index (χ1) is 11.7. The number of fused-ring (bicyclic) bond motifs is 1. The summed E-state index contributed by atoms with van der Waals surface area (Å²) in [6.45, 7) is 1.77. The van der Waals surface area contributed by atoms with E-state index in [4.69, 9.17) is 4.42 Å². The van der Waals surface area contributed by atoms with Crippen molar-refractivity contribution in [3.63, 3.8) is 0 Å². The van der Waals surface area contributed by atoms with Crippen molar-refractivity contribution < 1.29 is 22.7 Å². The van der Waals surface area contributed by atoms with E-state index in [-0.39, 0.29) is 42.0 Å². The van der Waals surface area contributed by atoms with E-state index < -0.39 is 15.5 Å². The van der Waals surface area contributed by atoms with Crippen molar-refractivity contribution in [2.75, 3.05) is 11.5 Å². The smallest absolute Gasteiger partial charge is 0.339 e. The average Bonchev–Trinajstić information content (AvgIpc) is 2.85. The molecule has 1 saturated heterocycles. The number of rotatable bonds is 4. The first kappa shape index (κ1) is 17.5. The molecule has 2 aromatic rings. The Balaban J connectivity index is 1.72. The lowest BCUT2D eigenvalue weighted by Crippen LogP contribution is -2.35. The zero-order valence-corrected chi connectivity index (χ0v) is 14.6. The minimum Gasteiger partial charge on any atom is -0.508 e. The molecule has 1 fully saturated rings. The molecule has 1 aromatic heterocycles. The summed E-state index contributed by atoms with van der Waals surface area (Å²) in [5, 5.41) is 12.9. The normalized spacial score (nSPS) is 19.2. The quantitative estimate of drug-likeness (QED) is 0.783. The second-order valence-corrected chi connectivity index (χ2v) is 8.57. The topological polar surface area (TPSA) is 114 Å². The van der Waals surface area contributed by atoms with E-state index in [9.17, 15) is 23.1 Å². The number of benzene rings is 1. The Morgan fingerprint density at radius 3 is 2.84 bits per heavy atom. The third kappa shape index (κ3) is 3.84. The highest BCUT2D eigenvalue weighted by Gasteiger charge is 2.28. The molecular weight excluding hydrogens is 346 g/mol. The SMILES string of the molecule is Cc1c(CCC(=O)N[C@@H]2CCS(=O)(=O)C2)c(=O)oc2cc(O)ccc12. The van der Waals surface area contributed by atoms with Gasteiger partial charge in [0.25, 0.3) is 0 Å². The van der Waals surface area contributed by atoms with Crippen molar-refractivity contribution in [1.29, 1.82) is 0 Å². The van der Waals surface area contributed by atoms with Gasteiger partial charge in [-0.25, -0.2) is 13.2 Å². The summed E-state index contributed by atoms with van der Waals surface area (Å²) in [6, 6.07) is 4.19. The van der Waals surface area contributed by atoms with Gasteiger partial charge in [-0.05, 0) is 37.5 Å². The van der Waals surface area contributed by atoms with E-state index in [0.717, 1.165) is 0 Å². The molecule has 0 radical (unpaired) electrons. The van der Waals surface area contributed by atoms with Crippen LogP contribution in [0.4, 0.5) is 0 Å². The zero-order valence-electron chi connectivity index (χ0n) is 13.7. The minimum atomic E-state index is -3.05. The molecule has 1 atom stereocenters. The number of carbonyl (C=O) groups is 1. The molecule has 0 saturated carbocycles. The summed E-state index contributed by atoms with van der Waals surface area (Å²) < 4.78 is 28.1. The van der Waals surface area contributed by atoms with Crippen LogP contribution in [0.1, 0.15) is 24.0 Å². The fourth-order valence-electron chi connectivity index (χ4n) is 3.12. The molecule has 0 bridgehead atoms. The summed E-state index contributed by atoms with van der Waals surface area (Å²) in [5.41, 5.74) is 0.883. The molecule has 8 heteroatoms. The Hall–Kier alpha value is -2.35. The van der Waals surface area contributed by atoms with Gasteiger partial charge in [-0.3, -0.25) is 4.79 Å². The number of aryl methyl sites for hydroxylation is 1. The first-order valence-electron chi connectivity index (χ1n) is 8.00. The fourth-order valence-corrected chi connectivity index (χ4v) is 4.79. The molecule has 7 nitrogen and oxygen atoms in total. The molecule has 1 amide bonds. The van der Waals surface area contributed by atoms with Crippen LogP contribution >= 0.6 is 0 Å². The van der Waals surface area contributed by atoms with Crippen LogP contribution in [0.2, 0.25) is 0 Å². The van der Waals surface area contributed by atoms with Crippen molar-refractivity contribution in [3.05, 3.63) is 39.7 Å². The fraction of sp³-hybridized carbons (Fsp3) is 0.412. The number of sulfone groups is 1. The highest BCUT2D eigenvalue weighted by atomic mass is 32.2. The second-order valence-electron chi connectivity index (χ2n) is 6.34. The van der Waals surface area contributed by atoms with Crippen molar-refractivity contribution in [1.82, 2.24) is 5.32 Å². The summed E-state index contributed by atoms with van der Waals surface area (Å²) in [5.74, 6) is -0.210. The van der Waals surface area contributed by atoms with Crippen molar-refractivity contribution in [3.8, 4) is 5.75 Å². The Kier molecular flexibility index (Phi) is 4.55. The van der Waals surface area contributed by atoms with Gasteiger partial charge in [-0.2, -0.15) is 0 Å². The Morgan fingerprint density at radius 2 is 2.16 bits per heavy atom. The molecule has 0 spiro atoms. The molecule has 25 heavy (non-hydrogen) atoms. The predicted octanol–water partition coefficient (Wildman–Crippen LogP) is 1.04. The minimum absolute atomic E-state index is 0.00805. The molecule has 134 valence electrons. The first-order valence-corrected chi connectivity index (χ1v) is 9.82. The summed E-state index contributed by atoms with van der Waals surface area (Å²) in [7, 11) is -3.05.